The van der Waals surface area contributed by atoms with Gasteiger partial charge in [0.05, 0.1) is 34.0 Å². The molecular weight excluding hydrogens is 473 g/mol. The first-order valence-electron chi connectivity index (χ1n) is 9.38. The van der Waals surface area contributed by atoms with E-state index in [-0.39, 0.29) is 32.6 Å². The largest absolute Gasteiger partial charge is 0.495 e. The van der Waals surface area contributed by atoms with Crippen LogP contribution in [0.3, 0.4) is 0 Å². The summed E-state index contributed by atoms with van der Waals surface area (Å²) in [5, 5.41) is 2.49. The standard InChI is InChI=1S/C21H20FN3O6S2/c1-14(26)23-20-13-17(11-12-21(20)31-2)33(29,30)25-19-6-4-3-5-18(19)24-32(27,28)16-9-7-15(22)8-10-16/h3-13,24-25H,1-2H3,(H,23,26). The average Bonchev–Trinajstić information content (AvgIpc) is 2.74. The van der Waals surface area contributed by atoms with Gasteiger partial charge in [0.1, 0.15) is 11.6 Å². The van der Waals surface area contributed by atoms with Crippen LogP contribution >= 0.6 is 0 Å². The van der Waals surface area contributed by atoms with E-state index in [2.05, 4.69) is 14.8 Å². The lowest BCUT2D eigenvalue weighted by Gasteiger charge is -2.16. The molecule has 3 aromatic carbocycles. The number of carbonyl (C=O) groups excluding carboxylic acids is 1. The highest BCUT2D eigenvalue weighted by Gasteiger charge is 2.21. The normalized spacial score (nSPS) is 11.5. The van der Waals surface area contributed by atoms with Crippen molar-refractivity contribution in [3.05, 3.63) is 72.5 Å². The third-order valence-corrected chi connectivity index (χ3v) is 7.08. The second-order valence-corrected chi connectivity index (χ2v) is 10.1. The molecule has 0 radical (unpaired) electrons. The molecule has 0 aliphatic carbocycles. The van der Waals surface area contributed by atoms with Crippen molar-refractivity contribution in [3.63, 3.8) is 0 Å². The summed E-state index contributed by atoms with van der Waals surface area (Å²) in [6.45, 7) is 1.27. The Morgan fingerprint density at radius 3 is 1.82 bits per heavy atom. The Bertz CT molecular complexity index is 1390. The lowest BCUT2D eigenvalue weighted by atomic mass is 10.3. The fourth-order valence-corrected chi connectivity index (χ4v) is 5.01. The zero-order valence-corrected chi connectivity index (χ0v) is 19.1. The molecule has 0 atom stereocenters. The summed E-state index contributed by atoms with van der Waals surface area (Å²) >= 11 is 0. The van der Waals surface area contributed by atoms with E-state index in [1.807, 2.05) is 0 Å². The number of rotatable bonds is 8. The number of amides is 1. The first kappa shape index (κ1) is 24.0. The van der Waals surface area contributed by atoms with Crippen LogP contribution in [0.15, 0.2) is 76.5 Å². The van der Waals surface area contributed by atoms with Crippen molar-refractivity contribution < 1.29 is 30.8 Å². The average molecular weight is 494 g/mol. The van der Waals surface area contributed by atoms with Gasteiger partial charge in [0.25, 0.3) is 20.0 Å². The molecule has 0 bridgehead atoms. The number of anilines is 3. The van der Waals surface area contributed by atoms with Crippen LogP contribution in [0.25, 0.3) is 0 Å². The summed E-state index contributed by atoms with van der Waals surface area (Å²) in [5.74, 6) is -0.756. The molecular formula is C21H20FN3O6S2. The number of nitrogens with one attached hydrogen (secondary N) is 3. The molecule has 0 saturated heterocycles. The Kier molecular flexibility index (Phi) is 6.89. The minimum atomic E-state index is -4.19. The van der Waals surface area contributed by atoms with Gasteiger partial charge in [0, 0.05) is 6.92 Å². The summed E-state index contributed by atoms with van der Waals surface area (Å²) in [6.07, 6.45) is 0. The quantitative estimate of drug-likeness (QED) is 0.441. The summed E-state index contributed by atoms with van der Waals surface area (Å²) in [7, 11) is -6.93. The molecule has 3 N–H and O–H groups in total. The Morgan fingerprint density at radius 2 is 1.30 bits per heavy atom. The van der Waals surface area contributed by atoms with E-state index in [4.69, 9.17) is 4.74 Å². The van der Waals surface area contributed by atoms with Crippen molar-refractivity contribution in [2.45, 2.75) is 16.7 Å². The molecule has 0 aliphatic rings. The molecule has 0 spiro atoms. The number of ether oxygens (including phenoxy) is 1. The smallest absolute Gasteiger partial charge is 0.262 e. The number of hydrogen-bond donors (Lipinski definition) is 3. The highest BCUT2D eigenvalue weighted by Crippen LogP contribution is 2.31. The van der Waals surface area contributed by atoms with Crippen LogP contribution in [-0.4, -0.2) is 29.9 Å². The monoisotopic (exact) mass is 493 g/mol. The highest BCUT2D eigenvalue weighted by atomic mass is 32.2. The molecule has 0 unspecified atom stereocenters. The lowest BCUT2D eigenvalue weighted by molar-refractivity contribution is -0.114. The maximum absolute atomic E-state index is 13.1. The van der Waals surface area contributed by atoms with Gasteiger partial charge in [-0.05, 0) is 54.6 Å². The van der Waals surface area contributed by atoms with E-state index in [0.29, 0.717) is 0 Å². The molecule has 3 rings (SSSR count). The van der Waals surface area contributed by atoms with E-state index in [1.165, 1.54) is 56.5 Å². The molecule has 0 heterocycles. The zero-order chi connectivity index (χ0) is 24.2. The van der Waals surface area contributed by atoms with Crippen LogP contribution in [0.1, 0.15) is 6.92 Å². The number of methoxy groups -OCH3 is 1. The van der Waals surface area contributed by atoms with E-state index in [9.17, 15) is 26.0 Å². The number of hydrogen-bond acceptors (Lipinski definition) is 6. The van der Waals surface area contributed by atoms with Crippen molar-refractivity contribution in [1.29, 1.82) is 0 Å². The number of benzene rings is 3. The number of para-hydroxylation sites is 2. The van der Waals surface area contributed by atoms with E-state index < -0.39 is 31.8 Å². The maximum Gasteiger partial charge on any atom is 0.262 e. The van der Waals surface area contributed by atoms with Gasteiger partial charge in [0.2, 0.25) is 5.91 Å². The third kappa shape index (κ3) is 5.79. The number of sulfonamides is 2. The van der Waals surface area contributed by atoms with Crippen LogP contribution in [0.5, 0.6) is 5.75 Å². The van der Waals surface area contributed by atoms with Gasteiger partial charge < -0.3 is 10.1 Å². The predicted octanol–water partition coefficient (Wildman–Crippen LogP) is 3.39. The lowest BCUT2D eigenvalue weighted by Crippen LogP contribution is -2.18. The van der Waals surface area contributed by atoms with Gasteiger partial charge in [-0.3, -0.25) is 14.2 Å². The maximum atomic E-state index is 13.1. The minimum absolute atomic E-state index is 0.0407. The first-order chi connectivity index (χ1) is 15.5. The Hall–Kier alpha value is -3.64. The Balaban J connectivity index is 1.93. The van der Waals surface area contributed by atoms with Crippen molar-refractivity contribution >= 4 is 43.0 Å². The van der Waals surface area contributed by atoms with Gasteiger partial charge in [-0.15, -0.1) is 0 Å². The second-order valence-electron chi connectivity index (χ2n) is 6.75. The molecule has 3 aromatic rings. The van der Waals surface area contributed by atoms with Gasteiger partial charge in [0.15, 0.2) is 0 Å². The molecule has 1 amide bonds. The summed E-state index contributed by atoms with van der Waals surface area (Å²) in [6, 6.07) is 13.8. The molecule has 9 nitrogen and oxygen atoms in total. The summed E-state index contributed by atoms with van der Waals surface area (Å²) in [5.41, 5.74) is 0.0688. The number of halogens is 1. The molecule has 12 heteroatoms. The fraction of sp³-hybridized carbons (Fsp3) is 0.0952. The van der Waals surface area contributed by atoms with Crippen LogP contribution in [0.4, 0.5) is 21.5 Å². The summed E-state index contributed by atoms with van der Waals surface area (Å²) < 4.78 is 74.2. The van der Waals surface area contributed by atoms with Gasteiger partial charge in [-0.1, -0.05) is 12.1 Å². The van der Waals surface area contributed by atoms with Crippen LogP contribution < -0.4 is 19.5 Å². The third-order valence-electron chi connectivity index (χ3n) is 4.33. The molecule has 33 heavy (non-hydrogen) atoms. The first-order valence-corrected chi connectivity index (χ1v) is 12.3. The fourth-order valence-electron chi connectivity index (χ4n) is 2.82. The van der Waals surface area contributed by atoms with Crippen molar-refractivity contribution in [2.75, 3.05) is 21.9 Å². The van der Waals surface area contributed by atoms with Crippen molar-refractivity contribution in [3.8, 4) is 5.75 Å². The van der Waals surface area contributed by atoms with Gasteiger partial charge in [-0.2, -0.15) is 0 Å². The van der Waals surface area contributed by atoms with E-state index >= 15 is 0 Å². The second kappa shape index (κ2) is 9.46. The van der Waals surface area contributed by atoms with Crippen LogP contribution in [0.2, 0.25) is 0 Å². The molecule has 0 aromatic heterocycles. The van der Waals surface area contributed by atoms with Crippen LogP contribution in [0, 0.1) is 5.82 Å². The molecule has 0 fully saturated rings. The summed E-state index contributed by atoms with van der Waals surface area (Å²) in [4.78, 5) is 11.0. The Labute approximate surface area is 190 Å². The van der Waals surface area contributed by atoms with E-state index in [1.54, 1.807) is 0 Å². The van der Waals surface area contributed by atoms with E-state index in [0.717, 1.165) is 24.3 Å². The van der Waals surface area contributed by atoms with Crippen molar-refractivity contribution in [2.24, 2.45) is 0 Å². The van der Waals surface area contributed by atoms with Gasteiger partial charge in [-0.25, -0.2) is 21.2 Å². The molecule has 0 saturated carbocycles. The topological polar surface area (TPSA) is 131 Å². The minimum Gasteiger partial charge on any atom is -0.495 e. The van der Waals surface area contributed by atoms with Crippen LogP contribution in [-0.2, 0) is 24.8 Å². The van der Waals surface area contributed by atoms with Gasteiger partial charge >= 0.3 is 0 Å². The Morgan fingerprint density at radius 1 is 0.788 bits per heavy atom. The number of carbonyl (C=O) groups is 1. The SMILES string of the molecule is COc1ccc(S(=O)(=O)Nc2ccccc2NS(=O)(=O)c2ccc(F)cc2)cc1NC(C)=O. The van der Waals surface area contributed by atoms with Crippen molar-refractivity contribution in [1.82, 2.24) is 0 Å². The molecule has 174 valence electrons. The molecule has 0 aliphatic heterocycles. The predicted molar refractivity (Wildman–Crippen MR) is 122 cm³/mol. The highest BCUT2D eigenvalue weighted by molar-refractivity contribution is 7.93. The zero-order valence-electron chi connectivity index (χ0n) is 17.5.